The van der Waals surface area contributed by atoms with Gasteiger partial charge in [-0.3, -0.25) is 14.6 Å². The first-order valence-electron chi connectivity index (χ1n) is 10.1. The van der Waals surface area contributed by atoms with Crippen molar-refractivity contribution in [1.29, 1.82) is 0 Å². The van der Waals surface area contributed by atoms with E-state index in [2.05, 4.69) is 25.6 Å². The molecule has 4 heterocycles. The topological polar surface area (TPSA) is 103 Å². The number of H-pyrrole nitrogens is 1. The van der Waals surface area contributed by atoms with Gasteiger partial charge in [0.2, 0.25) is 5.91 Å². The van der Waals surface area contributed by atoms with Crippen molar-refractivity contribution in [2.24, 2.45) is 0 Å². The minimum Gasteiger partial charge on any atom is -0.374 e. The Balaban J connectivity index is 1.33. The number of pyridine rings is 3. The highest BCUT2D eigenvalue weighted by atomic mass is 16.2. The normalized spacial score (nSPS) is 13.8. The standard InChI is InChI=1S/C23H24N6O2/c1-24-21-12-16(8-10-26-21)17-11-20(23(31)27-13-17)28-19-14-29(15-19)22(30)7-4-6-18-5-2-3-9-25-18/h2-5,7-13,19,28H,6,14-15H2,1H3,(H,24,26)(H,27,31)/b7-4+. The molecule has 3 aromatic heterocycles. The van der Waals surface area contributed by atoms with Crippen molar-refractivity contribution < 1.29 is 4.79 Å². The Kier molecular flexibility index (Phi) is 6.07. The zero-order chi connectivity index (χ0) is 21.6. The van der Waals surface area contributed by atoms with E-state index >= 15 is 0 Å². The number of carbonyl (C=O) groups is 1. The van der Waals surface area contributed by atoms with Gasteiger partial charge in [0.05, 0.1) is 6.04 Å². The lowest BCUT2D eigenvalue weighted by Gasteiger charge is -2.39. The minimum atomic E-state index is -0.188. The molecule has 4 rings (SSSR count). The number of aromatic nitrogens is 3. The van der Waals surface area contributed by atoms with Gasteiger partial charge in [-0.25, -0.2) is 4.98 Å². The summed E-state index contributed by atoms with van der Waals surface area (Å²) in [6, 6.07) is 11.4. The van der Waals surface area contributed by atoms with Gasteiger partial charge in [-0.15, -0.1) is 0 Å². The van der Waals surface area contributed by atoms with E-state index in [0.717, 1.165) is 22.6 Å². The Morgan fingerprint density at radius 3 is 2.84 bits per heavy atom. The number of hydrogen-bond acceptors (Lipinski definition) is 6. The summed E-state index contributed by atoms with van der Waals surface area (Å²) in [5.41, 5.74) is 3.05. The molecule has 1 aliphatic rings. The van der Waals surface area contributed by atoms with Crippen LogP contribution in [0.1, 0.15) is 5.69 Å². The lowest BCUT2D eigenvalue weighted by molar-refractivity contribution is -0.129. The first kappa shape index (κ1) is 20.3. The van der Waals surface area contributed by atoms with E-state index in [1.165, 1.54) is 0 Å². The number of hydrogen-bond donors (Lipinski definition) is 3. The summed E-state index contributed by atoms with van der Waals surface area (Å²) in [6.07, 6.45) is 9.17. The molecule has 0 bridgehead atoms. The number of carbonyl (C=O) groups excluding carboxylic acids is 1. The molecule has 1 saturated heterocycles. The summed E-state index contributed by atoms with van der Waals surface area (Å²) >= 11 is 0. The molecular weight excluding hydrogens is 392 g/mol. The van der Waals surface area contributed by atoms with Crippen molar-refractivity contribution in [2.75, 3.05) is 30.8 Å². The van der Waals surface area contributed by atoms with E-state index in [1.807, 2.05) is 49.5 Å². The minimum absolute atomic E-state index is 0.0342. The van der Waals surface area contributed by atoms with Gasteiger partial charge in [-0.05, 0) is 42.0 Å². The molecule has 0 aromatic carbocycles. The third-order valence-electron chi connectivity index (χ3n) is 5.12. The van der Waals surface area contributed by atoms with Crippen LogP contribution >= 0.6 is 0 Å². The van der Waals surface area contributed by atoms with Crippen molar-refractivity contribution in [1.82, 2.24) is 19.9 Å². The fourth-order valence-electron chi connectivity index (χ4n) is 3.38. The molecule has 1 aliphatic heterocycles. The number of allylic oxidation sites excluding steroid dienone is 1. The number of amides is 1. The van der Waals surface area contributed by atoms with Gasteiger partial charge < -0.3 is 20.5 Å². The molecule has 0 spiro atoms. The molecule has 0 atom stereocenters. The molecule has 8 heteroatoms. The van der Waals surface area contributed by atoms with Crippen LogP contribution in [0.25, 0.3) is 11.1 Å². The summed E-state index contributed by atoms with van der Waals surface area (Å²) in [5, 5.41) is 6.26. The van der Waals surface area contributed by atoms with Gasteiger partial charge in [0.25, 0.3) is 5.56 Å². The van der Waals surface area contributed by atoms with E-state index < -0.39 is 0 Å². The average molecular weight is 416 g/mol. The van der Waals surface area contributed by atoms with Crippen LogP contribution in [0.2, 0.25) is 0 Å². The van der Waals surface area contributed by atoms with Crippen LogP contribution in [-0.4, -0.2) is 51.9 Å². The first-order valence-corrected chi connectivity index (χ1v) is 10.1. The van der Waals surface area contributed by atoms with E-state index in [-0.39, 0.29) is 17.5 Å². The quantitative estimate of drug-likeness (QED) is 0.511. The highest BCUT2D eigenvalue weighted by molar-refractivity contribution is 5.88. The largest absolute Gasteiger partial charge is 0.374 e. The number of anilines is 2. The van der Waals surface area contributed by atoms with Crippen molar-refractivity contribution in [3.8, 4) is 11.1 Å². The third kappa shape index (κ3) is 4.98. The SMILES string of the molecule is CNc1cc(-c2c[nH]c(=O)c(NC3CN(C(=O)/C=C/Cc4ccccn4)C3)c2)ccn1. The zero-order valence-electron chi connectivity index (χ0n) is 17.2. The average Bonchev–Trinajstić information content (AvgIpc) is 2.77. The van der Waals surface area contributed by atoms with Crippen molar-refractivity contribution in [2.45, 2.75) is 12.5 Å². The molecule has 0 unspecified atom stereocenters. The van der Waals surface area contributed by atoms with Gasteiger partial charge in [-0.2, -0.15) is 0 Å². The molecule has 0 aliphatic carbocycles. The molecule has 8 nitrogen and oxygen atoms in total. The van der Waals surface area contributed by atoms with Crippen molar-refractivity contribution in [3.05, 3.63) is 83.2 Å². The Bertz CT molecular complexity index is 1140. The molecule has 1 fully saturated rings. The van der Waals surface area contributed by atoms with Gasteiger partial charge in [0.1, 0.15) is 11.5 Å². The molecule has 3 aromatic rings. The van der Waals surface area contributed by atoms with Crippen LogP contribution in [0.15, 0.2) is 71.9 Å². The van der Waals surface area contributed by atoms with Gasteiger partial charge in [0.15, 0.2) is 0 Å². The Morgan fingerprint density at radius 2 is 2.06 bits per heavy atom. The van der Waals surface area contributed by atoms with Crippen LogP contribution in [0.5, 0.6) is 0 Å². The lowest BCUT2D eigenvalue weighted by Crippen LogP contribution is -2.57. The molecule has 0 saturated carbocycles. The predicted molar refractivity (Wildman–Crippen MR) is 121 cm³/mol. The summed E-state index contributed by atoms with van der Waals surface area (Å²) in [4.78, 5) is 37.5. The third-order valence-corrected chi connectivity index (χ3v) is 5.12. The maximum Gasteiger partial charge on any atom is 0.271 e. The number of rotatable bonds is 7. The number of aromatic amines is 1. The fourth-order valence-corrected chi connectivity index (χ4v) is 3.38. The van der Waals surface area contributed by atoms with Crippen LogP contribution in [0, 0.1) is 0 Å². The molecular formula is C23H24N6O2. The number of likely N-dealkylation sites (tertiary alicyclic amines) is 1. The van der Waals surface area contributed by atoms with Crippen LogP contribution < -0.4 is 16.2 Å². The molecule has 3 N–H and O–H groups in total. The monoisotopic (exact) mass is 416 g/mol. The smallest absolute Gasteiger partial charge is 0.271 e. The van der Waals surface area contributed by atoms with Gasteiger partial charge in [0, 0.05) is 56.4 Å². The molecule has 0 radical (unpaired) electrons. The fraction of sp³-hybridized carbons (Fsp3) is 0.217. The number of nitrogens with one attached hydrogen (secondary N) is 3. The zero-order valence-corrected chi connectivity index (χ0v) is 17.2. The maximum atomic E-state index is 12.3. The van der Waals surface area contributed by atoms with Gasteiger partial charge >= 0.3 is 0 Å². The summed E-state index contributed by atoms with van der Waals surface area (Å²) in [7, 11) is 1.81. The van der Waals surface area contributed by atoms with E-state index in [4.69, 9.17) is 0 Å². The van der Waals surface area contributed by atoms with Crippen LogP contribution in [0.3, 0.4) is 0 Å². The van der Waals surface area contributed by atoms with Crippen molar-refractivity contribution in [3.63, 3.8) is 0 Å². The Morgan fingerprint density at radius 1 is 1.19 bits per heavy atom. The molecule has 31 heavy (non-hydrogen) atoms. The van der Waals surface area contributed by atoms with Crippen LogP contribution in [0.4, 0.5) is 11.5 Å². The summed E-state index contributed by atoms with van der Waals surface area (Å²) < 4.78 is 0. The second kappa shape index (κ2) is 9.25. The van der Waals surface area contributed by atoms with Crippen molar-refractivity contribution >= 4 is 17.4 Å². The van der Waals surface area contributed by atoms with E-state index in [0.29, 0.717) is 25.2 Å². The Hall–Kier alpha value is -3.94. The van der Waals surface area contributed by atoms with E-state index in [1.54, 1.807) is 29.6 Å². The Labute approximate surface area is 180 Å². The number of nitrogens with zero attached hydrogens (tertiary/aromatic N) is 3. The van der Waals surface area contributed by atoms with E-state index in [9.17, 15) is 9.59 Å². The van der Waals surface area contributed by atoms with Crippen LogP contribution in [-0.2, 0) is 11.2 Å². The predicted octanol–water partition coefficient (Wildman–Crippen LogP) is 2.30. The molecule has 1 amide bonds. The second-order valence-electron chi connectivity index (χ2n) is 7.32. The second-order valence-corrected chi connectivity index (χ2v) is 7.32. The summed E-state index contributed by atoms with van der Waals surface area (Å²) in [5.74, 6) is 0.718. The maximum absolute atomic E-state index is 12.3. The lowest BCUT2D eigenvalue weighted by atomic mass is 10.1. The highest BCUT2D eigenvalue weighted by Gasteiger charge is 2.29. The molecule has 158 valence electrons. The summed E-state index contributed by atoms with van der Waals surface area (Å²) in [6.45, 7) is 1.10. The van der Waals surface area contributed by atoms with Gasteiger partial charge in [-0.1, -0.05) is 12.1 Å². The first-order chi connectivity index (χ1) is 15.1. The highest BCUT2D eigenvalue weighted by Crippen LogP contribution is 2.22.